The van der Waals surface area contributed by atoms with E-state index in [4.69, 9.17) is 14.2 Å². The quantitative estimate of drug-likeness (QED) is 0.193. The highest BCUT2D eigenvalue weighted by molar-refractivity contribution is 6.32. The molecule has 3 aliphatic rings. The Labute approximate surface area is 255 Å². The molecule has 44 heavy (non-hydrogen) atoms. The molecule has 4 aromatic rings. The molecule has 2 heterocycles. The Kier molecular flexibility index (Phi) is 6.43. The number of carbonyl (C=O) groups is 3. The van der Waals surface area contributed by atoms with Crippen molar-refractivity contribution < 1.29 is 28.6 Å². The van der Waals surface area contributed by atoms with E-state index in [2.05, 4.69) is 0 Å². The minimum absolute atomic E-state index is 0.189. The van der Waals surface area contributed by atoms with E-state index in [1.165, 1.54) is 21.3 Å². The third-order valence-electron chi connectivity index (χ3n) is 9.34. The van der Waals surface area contributed by atoms with E-state index in [0.717, 1.165) is 16.8 Å². The molecule has 2 aliphatic heterocycles. The molecular weight excluding hydrogens is 554 g/mol. The second kappa shape index (κ2) is 10.2. The largest absolute Gasteiger partial charge is 0.493 e. The normalized spacial score (nSPS) is 20.7. The molecule has 0 amide bonds. The molecule has 7 nitrogen and oxygen atoms in total. The van der Waals surface area contributed by atoms with Crippen molar-refractivity contribution in [2.24, 2.45) is 5.41 Å². The molecular formula is C37H31NO6. The van der Waals surface area contributed by atoms with Gasteiger partial charge in [0.05, 0.1) is 27.4 Å². The van der Waals surface area contributed by atoms with Crippen molar-refractivity contribution in [1.82, 2.24) is 0 Å². The summed E-state index contributed by atoms with van der Waals surface area (Å²) >= 11 is 0. The zero-order chi connectivity index (χ0) is 30.7. The maximum absolute atomic E-state index is 14.9. The second-order valence-corrected chi connectivity index (χ2v) is 11.5. The summed E-state index contributed by atoms with van der Waals surface area (Å²) < 4.78 is 17.1. The van der Waals surface area contributed by atoms with E-state index in [-0.39, 0.29) is 17.3 Å². The zero-order valence-corrected chi connectivity index (χ0v) is 24.9. The fourth-order valence-electron chi connectivity index (χ4n) is 7.50. The van der Waals surface area contributed by atoms with Crippen LogP contribution in [-0.2, 0) is 0 Å². The van der Waals surface area contributed by atoms with Crippen molar-refractivity contribution in [3.63, 3.8) is 0 Å². The van der Waals surface area contributed by atoms with Crippen molar-refractivity contribution in [3.8, 4) is 17.2 Å². The summed E-state index contributed by atoms with van der Waals surface area (Å²) in [4.78, 5) is 46.7. The molecule has 220 valence electrons. The predicted molar refractivity (Wildman–Crippen MR) is 167 cm³/mol. The van der Waals surface area contributed by atoms with Crippen LogP contribution in [0.25, 0.3) is 6.08 Å². The number of Topliss-reactive ketones (excluding diaryl/α,β-unsaturated/α-hetero) is 3. The molecule has 0 radical (unpaired) electrons. The van der Waals surface area contributed by atoms with E-state index >= 15 is 0 Å². The van der Waals surface area contributed by atoms with Crippen LogP contribution in [0.3, 0.4) is 0 Å². The summed E-state index contributed by atoms with van der Waals surface area (Å²) in [6, 6.07) is 23.9. The SMILES string of the molecule is COc1cc([C@@H]2[C@@H](C(=O)c3ccccc3)N3c4cc(C)ccc4C=C[C@H]3C23C(=O)c2ccccc2C3=O)cc(OC)c1OC. The van der Waals surface area contributed by atoms with Gasteiger partial charge < -0.3 is 19.1 Å². The van der Waals surface area contributed by atoms with Crippen LogP contribution in [0.1, 0.15) is 53.7 Å². The van der Waals surface area contributed by atoms with Gasteiger partial charge in [0, 0.05) is 28.3 Å². The fourth-order valence-corrected chi connectivity index (χ4v) is 7.50. The van der Waals surface area contributed by atoms with Crippen LogP contribution in [0.2, 0.25) is 0 Å². The van der Waals surface area contributed by atoms with Crippen LogP contribution >= 0.6 is 0 Å². The van der Waals surface area contributed by atoms with Gasteiger partial charge in [-0.1, -0.05) is 78.9 Å². The van der Waals surface area contributed by atoms with Crippen molar-refractivity contribution in [2.45, 2.75) is 24.9 Å². The summed E-state index contributed by atoms with van der Waals surface area (Å²) in [7, 11) is 4.56. The highest BCUT2D eigenvalue weighted by Crippen LogP contribution is 2.62. The fraction of sp³-hybridized carbons (Fsp3) is 0.216. The lowest BCUT2D eigenvalue weighted by Gasteiger charge is -2.37. The van der Waals surface area contributed by atoms with E-state index in [1.807, 2.05) is 60.4 Å². The third-order valence-corrected chi connectivity index (χ3v) is 9.34. The number of hydrogen-bond acceptors (Lipinski definition) is 7. The molecule has 0 saturated carbocycles. The molecule has 1 aliphatic carbocycles. The number of fused-ring (bicyclic) bond motifs is 5. The molecule has 3 atom stereocenters. The first-order chi connectivity index (χ1) is 21.4. The first kappa shape index (κ1) is 27.7. The van der Waals surface area contributed by atoms with Gasteiger partial charge in [0.2, 0.25) is 5.75 Å². The molecule has 7 heteroatoms. The minimum atomic E-state index is -1.64. The van der Waals surface area contributed by atoms with Crippen LogP contribution < -0.4 is 19.1 Å². The number of rotatable bonds is 6. The van der Waals surface area contributed by atoms with Crippen LogP contribution in [0, 0.1) is 12.3 Å². The summed E-state index contributed by atoms with van der Waals surface area (Å²) in [5, 5.41) is 0. The van der Waals surface area contributed by atoms with Gasteiger partial charge >= 0.3 is 0 Å². The number of aryl methyl sites for hydroxylation is 1. The topological polar surface area (TPSA) is 82.1 Å². The van der Waals surface area contributed by atoms with Gasteiger partial charge in [-0.25, -0.2) is 0 Å². The van der Waals surface area contributed by atoms with E-state index in [1.54, 1.807) is 48.5 Å². The summed E-state index contributed by atoms with van der Waals surface area (Å²) in [5.41, 5.74) is 2.87. The second-order valence-electron chi connectivity index (χ2n) is 11.5. The first-order valence-electron chi connectivity index (χ1n) is 14.5. The van der Waals surface area contributed by atoms with E-state index in [0.29, 0.717) is 39.5 Å². The number of nitrogens with zero attached hydrogens (tertiary/aromatic N) is 1. The maximum Gasteiger partial charge on any atom is 0.203 e. The highest BCUT2D eigenvalue weighted by Gasteiger charge is 2.71. The minimum Gasteiger partial charge on any atom is -0.493 e. The molecule has 1 spiro atoms. The molecule has 0 aromatic heterocycles. The van der Waals surface area contributed by atoms with Crippen LogP contribution in [0.5, 0.6) is 17.2 Å². The Balaban J connectivity index is 1.59. The molecule has 0 N–H and O–H groups in total. The standard InChI is InChI=1S/C37H31NO6/c1-21-14-15-22-16-17-30-37(35(40)25-12-8-9-13-26(25)36(37)41)31(24-19-28(42-2)34(44-4)29(20-24)43-3)32(38(30)27(22)18-21)33(39)23-10-6-5-7-11-23/h5-20,30-32H,1-4H3/t30-,31+,32-/m0/s1. The number of anilines is 1. The van der Waals surface area contributed by atoms with Crippen LogP contribution in [-0.4, -0.2) is 50.8 Å². The molecule has 1 fully saturated rings. The lowest BCUT2D eigenvalue weighted by molar-refractivity contribution is 0.0665. The van der Waals surface area contributed by atoms with Gasteiger partial charge in [-0.2, -0.15) is 0 Å². The number of carbonyl (C=O) groups excluding carboxylic acids is 3. The third kappa shape index (κ3) is 3.65. The molecule has 4 aromatic carbocycles. The number of hydrogen-bond donors (Lipinski definition) is 0. The smallest absolute Gasteiger partial charge is 0.203 e. The average molecular weight is 586 g/mol. The number of benzene rings is 4. The highest BCUT2D eigenvalue weighted by atomic mass is 16.5. The van der Waals surface area contributed by atoms with Gasteiger partial charge in [-0.05, 0) is 41.8 Å². The Morgan fingerprint density at radius 3 is 1.98 bits per heavy atom. The number of ketones is 3. The molecule has 7 rings (SSSR count). The van der Waals surface area contributed by atoms with Gasteiger partial charge in [-0.3, -0.25) is 14.4 Å². The van der Waals surface area contributed by atoms with Gasteiger partial charge in [0.15, 0.2) is 28.8 Å². The van der Waals surface area contributed by atoms with Gasteiger partial charge in [0.25, 0.3) is 0 Å². The van der Waals surface area contributed by atoms with Crippen molar-refractivity contribution >= 4 is 29.1 Å². The van der Waals surface area contributed by atoms with Crippen LogP contribution in [0.4, 0.5) is 5.69 Å². The summed E-state index contributed by atoms with van der Waals surface area (Å²) in [5.74, 6) is -0.567. The summed E-state index contributed by atoms with van der Waals surface area (Å²) in [6.07, 6.45) is 3.88. The van der Waals surface area contributed by atoms with Gasteiger partial charge in [0.1, 0.15) is 11.5 Å². The Morgan fingerprint density at radius 1 is 0.773 bits per heavy atom. The van der Waals surface area contributed by atoms with Crippen molar-refractivity contribution in [1.29, 1.82) is 0 Å². The molecule has 0 unspecified atom stereocenters. The zero-order valence-electron chi connectivity index (χ0n) is 24.9. The molecule has 1 saturated heterocycles. The van der Waals surface area contributed by atoms with Crippen molar-refractivity contribution in [3.05, 3.63) is 124 Å². The number of methoxy groups -OCH3 is 3. The summed E-state index contributed by atoms with van der Waals surface area (Å²) in [6.45, 7) is 1.99. The van der Waals surface area contributed by atoms with Crippen molar-refractivity contribution in [2.75, 3.05) is 26.2 Å². The lowest BCUT2D eigenvalue weighted by atomic mass is 9.64. The van der Waals surface area contributed by atoms with Crippen LogP contribution in [0.15, 0.2) is 91.0 Å². The Morgan fingerprint density at radius 2 is 1.39 bits per heavy atom. The number of ether oxygens (including phenoxy) is 3. The molecule has 0 bridgehead atoms. The van der Waals surface area contributed by atoms with E-state index < -0.39 is 23.4 Å². The first-order valence-corrected chi connectivity index (χ1v) is 14.5. The van der Waals surface area contributed by atoms with E-state index in [9.17, 15) is 14.4 Å². The predicted octanol–water partition coefficient (Wildman–Crippen LogP) is 6.34. The Bertz CT molecular complexity index is 1820. The maximum atomic E-state index is 14.9. The Hall–Kier alpha value is -5.17. The monoisotopic (exact) mass is 585 g/mol. The average Bonchev–Trinajstić information content (AvgIpc) is 3.50. The lowest BCUT2D eigenvalue weighted by Crippen LogP contribution is -2.48. The van der Waals surface area contributed by atoms with Gasteiger partial charge in [-0.15, -0.1) is 0 Å².